The van der Waals surface area contributed by atoms with E-state index in [1.54, 1.807) is 0 Å². The molecule has 26 heavy (non-hydrogen) atoms. The highest BCUT2D eigenvalue weighted by Gasteiger charge is 2.53. The van der Waals surface area contributed by atoms with Crippen LogP contribution in [0.3, 0.4) is 0 Å². The van der Waals surface area contributed by atoms with E-state index in [1.165, 1.54) is 37.8 Å². The largest absolute Gasteiger partial charge is 0.366 e. The van der Waals surface area contributed by atoms with Gasteiger partial charge in [0.25, 0.3) is 0 Å². The van der Waals surface area contributed by atoms with E-state index in [0.29, 0.717) is 24.2 Å². The third kappa shape index (κ3) is 4.07. The maximum absolute atomic E-state index is 14.0. The van der Waals surface area contributed by atoms with Gasteiger partial charge < -0.3 is 15.1 Å². The highest BCUT2D eigenvalue weighted by atomic mass is 127. The van der Waals surface area contributed by atoms with Crippen LogP contribution in [-0.2, 0) is 0 Å². The molecule has 0 aromatic heterocycles. The number of anilines is 1. The quantitative estimate of drug-likeness (QED) is 0.410. The minimum atomic E-state index is -0.397. The topological polar surface area (TPSA) is 30.9 Å². The third-order valence-corrected chi connectivity index (χ3v) is 5.97. The summed E-state index contributed by atoms with van der Waals surface area (Å²) in [4.78, 5) is 8.56. The van der Waals surface area contributed by atoms with Crippen molar-refractivity contribution in [3.63, 3.8) is 0 Å². The van der Waals surface area contributed by atoms with Crippen LogP contribution in [0.1, 0.15) is 25.7 Å². The van der Waals surface area contributed by atoms with Crippen LogP contribution in [0.2, 0.25) is 0 Å². The molecule has 3 fully saturated rings. The summed E-state index contributed by atoms with van der Waals surface area (Å²) < 4.78 is 27.4. The number of piperazine rings is 1. The summed E-state index contributed by atoms with van der Waals surface area (Å²) >= 11 is 0. The van der Waals surface area contributed by atoms with Crippen LogP contribution in [0, 0.1) is 23.0 Å². The zero-order valence-electron chi connectivity index (χ0n) is 15.2. The summed E-state index contributed by atoms with van der Waals surface area (Å²) in [5.74, 6) is 1.10. The van der Waals surface area contributed by atoms with Crippen LogP contribution in [0.15, 0.2) is 23.2 Å². The van der Waals surface area contributed by atoms with Crippen LogP contribution in [0.4, 0.5) is 14.5 Å². The predicted octanol–water partition coefficient (Wildman–Crippen LogP) is 3.47. The third-order valence-electron chi connectivity index (χ3n) is 5.97. The first-order valence-corrected chi connectivity index (χ1v) is 9.27. The van der Waals surface area contributed by atoms with Gasteiger partial charge in [0.2, 0.25) is 0 Å². The minimum Gasteiger partial charge on any atom is -0.366 e. The van der Waals surface area contributed by atoms with E-state index in [2.05, 4.69) is 15.2 Å². The molecule has 3 aliphatic rings. The molecule has 1 aliphatic heterocycles. The van der Waals surface area contributed by atoms with E-state index in [-0.39, 0.29) is 29.8 Å². The molecule has 4 nitrogen and oxygen atoms in total. The number of halogens is 3. The van der Waals surface area contributed by atoms with Gasteiger partial charge in [-0.25, -0.2) is 8.78 Å². The predicted molar refractivity (Wildman–Crippen MR) is 111 cm³/mol. The lowest BCUT2D eigenvalue weighted by Crippen LogP contribution is -2.53. The van der Waals surface area contributed by atoms with Crippen molar-refractivity contribution in [2.24, 2.45) is 16.3 Å². The van der Waals surface area contributed by atoms with E-state index in [4.69, 9.17) is 0 Å². The summed E-state index contributed by atoms with van der Waals surface area (Å²) in [7, 11) is 1.82. The van der Waals surface area contributed by atoms with Crippen LogP contribution < -0.4 is 10.2 Å². The number of rotatable bonds is 4. The van der Waals surface area contributed by atoms with Gasteiger partial charge in [-0.05, 0) is 49.1 Å². The molecule has 0 bridgehead atoms. The van der Waals surface area contributed by atoms with Gasteiger partial charge in [0.1, 0.15) is 11.6 Å². The second-order valence-electron chi connectivity index (χ2n) is 7.61. The summed E-state index contributed by atoms with van der Waals surface area (Å²) in [5, 5.41) is 3.56. The van der Waals surface area contributed by atoms with E-state index < -0.39 is 5.82 Å². The second-order valence-corrected chi connectivity index (χ2v) is 7.61. The van der Waals surface area contributed by atoms with Gasteiger partial charge in [0.05, 0.1) is 5.69 Å². The highest BCUT2D eigenvalue weighted by molar-refractivity contribution is 14.0. The average molecular weight is 476 g/mol. The molecule has 4 rings (SSSR count). The van der Waals surface area contributed by atoms with Gasteiger partial charge in [-0.2, -0.15) is 0 Å². The van der Waals surface area contributed by atoms with Crippen molar-refractivity contribution in [3.8, 4) is 0 Å². The number of aliphatic imine (C=N–C) groups is 1. The molecular formula is C19H27F2IN4. The van der Waals surface area contributed by atoms with Crippen molar-refractivity contribution >= 4 is 35.6 Å². The zero-order chi connectivity index (χ0) is 17.4. The lowest BCUT2D eigenvalue weighted by molar-refractivity contribution is 0.357. The van der Waals surface area contributed by atoms with Crippen molar-refractivity contribution < 1.29 is 8.78 Å². The normalized spacial score (nSPS) is 22.0. The maximum atomic E-state index is 14.0. The van der Waals surface area contributed by atoms with E-state index in [1.807, 2.05) is 11.9 Å². The SMILES string of the molecule is CN=C(NCC1(C2CC2)CC1)N1CCN(c2cc(F)ccc2F)CC1.I. The molecule has 7 heteroatoms. The Labute approximate surface area is 171 Å². The Bertz CT molecular complexity index is 666. The number of guanidine groups is 1. The van der Waals surface area contributed by atoms with Crippen LogP contribution in [0.25, 0.3) is 0 Å². The van der Waals surface area contributed by atoms with Gasteiger partial charge >= 0.3 is 0 Å². The fraction of sp³-hybridized carbons (Fsp3) is 0.632. The van der Waals surface area contributed by atoms with Crippen molar-refractivity contribution in [2.45, 2.75) is 25.7 Å². The molecule has 1 heterocycles. The first-order valence-electron chi connectivity index (χ1n) is 9.27. The molecule has 0 unspecified atom stereocenters. The van der Waals surface area contributed by atoms with E-state index in [0.717, 1.165) is 37.6 Å². The van der Waals surface area contributed by atoms with Gasteiger partial charge in [0, 0.05) is 45.8 Å². The minimum absolute atomic E-state index is 0. The lowest BCUT2D eigenvalue weighted by atomic mass is 10.0. The lowest BCUT2D eigenvalue weighted by Gasteiger charge is -2.38. The number of hydrogen-bond acceptors (Lipinski definition) is 2. The molecule has 2 aliphatic carbocycles. The van der Waals surface area contributed by atoms with Crippen molar-refractivity contribution in [1.29, 1.82) is 0 Å². The first kappa shape index (κ1) is 19.6. The average Bonchev–Trinajstić information content (AvgIpc) is 3.51. The number of nitrogens with zero attached hydrogens (tertiary/aromatic N) is 3. The molecule has 0 radical (unpaired) electrons. The molecule has 1 N–H and O–H groups in total. The Morgan fingerprint density at radius 2 is 1.88 bits per heavy atom. The molecule has 144 valence electrons. The Balaban J connectivity index is 0.00000196. The van der Waals surface area contributed by atoms with Crippen LogP contribution in [0.5, 0.6) is 0 Å². The zero-order valence-corrected chi connectivity index (χ0v) is 17.5. The Morgan fingerprint density at radius 1 is 1.19 bits per heavy atom. The first-order chi connectivity index (χ1) is 12.1. The van der Waals surface area contributed by atoms with Gasteiger partial charge in [-0.15, -0.1) is 24.0 Å². The van der Waals surface area contributed by atoms with E-state index in [9.17, 15) is 8.78 Å². The van der Waals surface area contributed by atoms with E-state index >= 15 is 0 Å². The molecule has 2 saturated carbocycles. The number of hydrogen-bond donors (Lipinski definition) is 1. The fourth-order valence-electron chi connectivity index (χ4n) is 4.06. The second kappa shape index (κ2) is 7.86. The summed E-state index contributed by atoms with van der Waals surface area (Å²) in [6, 6.07) is 3.64. The fourth-order valence-corrected chi connectivity index (χ4v) is 4.06. The molecule has 1 aromatic rings. The summed E-state index contributed by atoms with van der Waals surface area (Å²) in [5.41, 5.74) is 0.885. The smallest absolute Gasteiger partial charge is 0.193 e. The van der Waals surface area contributed by atoms with Crippen LogP contribution in [-0.4, -0.2) is 50.6 Å². The Morgan fingerprint density at radius 3 is 2.46 bits per heavy atom. The Hall–Kier alpha value is -1.12. The number of nitrogens with one attached hydrogen (secondary N) is 1. The summed E-state index contributed by atoms with van der Waals surface area (Å²) in [6.45, 7) is 3.85. The monoisotopic (exact) mass is 476 g/mol. The number of benzene rings is 1. The Kier molecular flexibility index (Phi) is 5.94. The molecule has 1 aromatic carbocycles. The molecule has 0 amide bonds. The molecule has 0 atom stereocenters. The van der Waals surface area contributed by atoms with Crippen molar-refractivity contribution in [3.05, 3.63) is 29.8 Å². The maximum Gasteiger partial charge on any atom is 0.193 e. The summed E-state index contributed by atoms with van der Waals surface area (Å²) in [6.07, 6.45) is 5.46. The molecular weight excluding hydrogens is 449 g/mol. The van der Waals surface area contributed by atoms with Crippen molar-refractivity contribution in [2.75, 3.05) is 44.7 Å². The van der Waals surface area contributed by atoms with Gasteiger partial charge in [-0.3, -0.25) is 4.99 Å². The molecule has 1 saturated heterocycles. The van der Waals surface area contributed by atoms with Crippen molar-refractivity contribution in [1.82, 2.24) is 10.2 Å². The standard InChI is InChI=1S/C19H26F2N4.HI/c1-22-18(23-13-19(6-7-19)14-2-3-14)25-10-8-24(9-11-25)17-12-15(20)4-5-16(17)21;/h4-5,12,14H,2-3,6-11,13H2,1H3,(H,22,23);1H. The molecule has 0 spiro atoms. The highest BCUT2D eigenvalue weighted by Crippen LogP contribution is 2.60. The van der Waals surface area contributed by atoms with Gasteiger partial charge in [0.15, 0.2) is 5.96 Å². The van der Waals surface area contributed by atoms with Gasteiger partial charge in [-0.1, -0.05) is 0 Å². The van der Waals surface area contributed by atoms with Crippen LogP contribution >= 0.6 is 24.0 Å².